The minimum atomic E-state index is -0.299. The van der Waals surface area contributed by atoms with Gasteiger partial charge in [0.25, 0.3) is 0 Å². The molecule has 0 aliphatic carbocycles. The lowest BCUT2D eigenvalue weighted by atomic mass is 9.96. The van der Waals surface area contributed by atoms with Crippen molar-refractivity contribution in [3.05, 3.63) is 88.1 Å². The molecule has 1 aromatic heterocycles. The fourth-order valence-corrected chi connectivity index (χ4v) is 4.27. The van der Waals surface area contributed by atoms with Crippen LogP contribution in [0.25, 0.3) is 27.7 Å². The highest BCUT2D eigenvalue weighted by Crippen LogP contribution is 2.40. The van der Waals surface area contributed by atoms with Crippen molar-refractivity contribution in [2.75, 3.05) is 11.9 Å². The molecule has 0 aliphatic rings. The second-order valence-electron chi connectivity index (χ2n) is 7.64. The van der Waals surface area contributed by atoms with Crippen LogP contribution in [0.2, 0.25) is 10.0 Å². The summed E-state index contributed by atoms with van der Waals surface area (Å²) in [6.07, 6.45) is 3.30. The molecule has 4 aromatic rings. The number of amides is 1. The van der Waals surface area contributed by atoms with Crippen LogP contribution in [0.4, 0.5) is 5.69 Å². The van der Waals surface area contributed by atoms with Crippen LogP contribution in [0.3, 0.4) is 0 Å². The third-order valence-electron chi connectivity index (χ3n) is 5.38. The topological polar surface area (TPSA) is 51.5 Å². The maximum atomic E-state index is 12.8. The maximum Gasteiger partial charge on any atom is 0.248 e. The molecule has 0 spiro atoms. The number of allylic oxidation sites excluding steroid dienone is 1. The molecule has 33 heavy (non-hydrogen) atoms. The van der Waals surface area contributed by atoms with Crippen LogP contribution in [0, 0.1) is 6.92 Å². The van der Waals surface area contributed by atoms with Gasteiger partial charge in [-0.05, 0) is 56.2 Å². The quantitative estimate of drug-likeness (QED) is 0.283. The molecule has 0 fully saturated rings. The fraction of sp³-hybridized carbons (Fsp3) is 0.148. The van der Waals surface area contributed by atoms with Gasteiger partial charge in [-0.2, -0.15) is 0 Å². The maximum absolute atomic E-state index is 12.8. The zero-order valence-corrected chi connectivity index (χ0v) is 20.1. The number of nitrogens with one attached hydrogen (secondary N) is 1. The molecule has 168 valence electrons. The summed E-state index contributed by atoms with van der Waals surface area (Å²) in [6.45, 7) is 6.27. The number of furan rings is 1. The first-order chi connectivity index (χ1) is 15.9. The summed E-state index contributed by atoms with van der Waals surface area (Å²) in [6, 6.07) is 17.0. The molecule has 1 amide bonds. The Balaban J connectivity index is 1.77. The first-order valence-electron chi connectivity index (χ1n) is 10.6. The van der Waals surface area contributed by atoms with Crippen molar-refractivity contribution in [3.63, 3.8) is 0 Å². The van der Waals surface area contributed by atoms with E-state index in [9.17, 15) is 4.79 Å². The number of halogens is 2. The van der Waals surface area contributed by atoms with Gasteiger partial charge >= 0.3 is 0 Å². The van der Waals surface area contributed by atoms with Gasteiger partial charge < -0.3 is 14.5 Å². The lowest BCUT2D eigenvalue weighted by molar-refractivity contribution is -0.111. The number of aryl methyl sites for hydroxylation is 1. The van der Waals surface area contributed by atoms with Crippen LogP contribution in [-0.4, -0.2) is 12.5 Å². The van der Waals surface area contributed by atoms with Crippen LogP contribution in [-0.2, 0) is 4.79 Å². The van der Waals surface area contributed by atoms with Gasteiger partial charge in [0.05, 0.1) is 23.6 Å². The Bertz CT molecular complexity index is 1360. The van der Waals surface area contributed by atoms with Crippen molar-refractivity contribution in [1.29, 1.82) is 0 Å². The van der Waals surface area contributed by atoms with E-state index in [1.54, 1.807) is 24.5 Å². The van der Waals surface area contributed by atoms with Gasteiger partial charge in [0.15, 0.2) is 0 Å². The molecule has 4 rings (SSSR count). The molecule has 0 saturated heterocycles. The van der Waals surface area contributed by atoms with Crippen molar-refractivity contribution in [2.45, 2.75) is 20.8 Å². The number of hydrogen-bond donors (Lipinski definition) is 1. The number of hydrogen-bond acceptors (Lipinski definition) is 3. The molecule has 4 nitrogen and oxygen atoms in total. The highest BCUT2D eigenvalue weighted by Gasteiger charge is 2.19. The zero-order chi connectivity index (χ0) is 23.5. The molecule has 0 saturated carbocycles. The molecule has 0 radical (unpaired) electrons. The van der Waals surface area contributed by atoms with Gasteiger partial charge in [-0.25, -0.2) is 0 Å². The highest BCUT2D eigenvalue weighted by molar-refractivity contribution is 6.36. The number of anilines is 1. The largest absolute Gasteiger partial charge is 0.493 e. The Morgan fingerprint density at radius 2 is 1.88 bits per heavy atom. The van der Waals surface area contributed by atoms with Gasteiger partial charge in [0.2, 0.25) is 5.91 Å². The first-order valence-corrected chi connectivity index (χ1v) is 11.3. The molecule has 0 unspecified atom stereocenters. The van der Waals surface area contributed by atoms with Crippen LogP contribution in [0.5, 0.6) is 5.75 Å². The predicted octanol–water partition coefficient (Wildman–Crippen LogP) is 8.16. The zero-order valence-electron chi connectivity index (χ0n) is 18.5. The number of benzene rings is 3. The molecule has 1 heterocycles. The summed E-state index contributed by atoms with van der Waals surface area (Å²) >= 11 is 12.1. The van der Waals surface area contributed by atoms with Gasteiger partial charge in [0.1, 0.15) is 11.3 Å². The van der Waals surface area contributed by atoms with E-state index >= 15 is 0 Å². The van der Waals surface area contributed by atoms with E-state index in [1.165, 1.54) is 6.08 Å². The molecular formula is C27H23Cl2NO3. The summed E-state index contributed by atoms with van der Waals surface area (Å²) in [5.41, 5.74) is 5.79. The van der Waals surface area contributed by atoms with E-state index in [2.05, 4.69) is 5.32 Å². The molecule has 1 N–H and O–H groups in total. The summed E-state index contributed by atoms with van der Waals surface area (Å²) in [5, 5.41) is 4.65. The van der Waals surface area contributed by atoms with Gasteiger partial charge in [-0.1, -0.05) is 53.5 Å². The second-order valence-corrected chi connectivity index (χ2v) is 8.49. The van der Waals surface area contributed by atoms with Crippen molar-refractivity contribution in [1.82, 2.24) is 0 Å². The Kier molecular flexibility index (Phi) is 6.77. The minimum Gasteiger partial charge on any atom is -0.493 e. The Hall–Kier alpha value is -3.21. The third kappa shape index (κ3) is 4.77. The number of carbonyl (C=O) groups is 1. The van der Waals surface area contributed by atoms with E-state index in [0.717, 1.165) is 38.8 Å². The van der Waals surface area contributed by atoms with Crippen molar-refractivity contribution in [2.24, 2.45) is 0 Å². The van der Waals surface area contributed by atoms with Gasteiger partial charge in [0, 0.05) is 33.2 Å². The molecule has 6 heteroatoms. The van der Waals surface area contributed by atoms with Gasteiger partial charge in [-0.3, -0.25) is 4.79 Å². The smallest absolute Gasteiger partial charge is 0.248 e. The van der Waals surface area contributed by atoms with Crippen LogP contribution in [0.1, 0.15) is 25.0 Å². The summed E-state index contributed by atoms with van der Waals surface area (Å²) < 4.78 is 11.9. The summed E-state index contributed by atoms with van der Waals surface area (Å²) in [4.78, 5) is 12.8. The van der Waals surface area contributed by atoms with E-state index in [-0.39, 0.29) is 5.91 Å². The molecule has 0 bridgehead atoms. The van der Waals surface area contributed by atoms with E-state index in [1.807, 2.05) is 57.2 Å². The van der Waals surface area contributed by atoms with E-state index < -0.39 is 0 Å². The Morgan fingerprint density at radius 1 is 1.12 bits per heavy atom. The number of rotatable bonds is 6. The van der Waals surface area contributed by atoms with Crippen LogP contribution >= 0.6 is 23.2 Å². The van der Waals surface area contributed by atoms with Crippen molar-refractivity contribution < 1.29 is 13.9 Å². The average molecular weight is 480 g/mol. The molecule has 0 atom stereocenters. The standard InChI is InChI=1S/C27H23Cl2NO3/c1-4-32-26-17(3)27-21(22(15-33-27)18-8-6-5-7-9-18)14-20(26)16(2)12-25(31)30-24-11-10-19(28)13-23(24)29/h5-15H,4H2,1-3H3,(H,30,31)/b16-12+. The lowest BCUT2D eigenvalue weighted by Crippen LogP contribution is -2.09. The Morgan fingerprint density at radius 3 is 2.58 bits per heavy atom. The van der Waals surface area contributed by atoms with Crippen LogP contribution < -0.4 is 10.1 Å². The van der Waals surface area contributed by atoms with Crippen LogP contribution in [0.15, 0.2) is 71.4 Å². The minimum absolute atomic E-state index is 0.299. The molecule has 3 aromatic carbocycles. The molecule has 0 aliphatic heterocycles. The Labute approximate surface area is 202 Å². The first kappa shape index (κ1) is 23.0. The summed E-state index contributed by atoms with van der Waals surface area (Å²) in [5.74, 6) is 0.400. The van der Waals surface area contributed by atoms with Gasteiger partial charge in [-0.15, -0.1) is 0 Å². The highest BCUT2D eigenvalue weighted by atomic mass is 35.5. The molecular weight excluding hydrogens is 457 g/mol. The van der Waals surface area contributed by atoms with Crippen molar-refractivity contribution in [3.8, 4) is 16.9 Å². The third-order valence-corrected chi connectivity index (χ3v) is 5.93. The SMILES string of the molecule is CCOc1c(/C(C)=C/C(=O)Nc2ccc(Cl)cc2Cl)cc2c(-c3ccccc3)coc2c1C. The number of carbonyl (C=O) groups excluding carboxylic acids is 1. The van der Waals surface area contributed by atoms with E-state index in [0.29, 0.717) is 28.1 Å². The fourth-order valence-electron chi connectivity index (χ4n) is 3.81. The average Bonchev–Trinajstić information content (AvgIpc) is 3.22. The lowest BCUT2D eigenvalue weighted by Gasteiger charge is -2.15. The summed E-state index contributed by atoms with van der Waals surface area (Å²) in [7, 11) is 0. The predicted molar refractivity (Wildman–Crippen MR) is 136 cm³/mol. The normalized spacial score (nSPS) is 11.6. The number of fused-ring (bicyclic) bond motifs is 1. The van der Waals surface area contributed by atoms with E-state index in [4.69, 9.17) is 32.4 Å². The number of ether oxygens (including phenoxy) is 1. The van der Waals surface area contributed by atoms with Crippen molar-refractivity contribution >= 4 is 51.3 Å². The monoisotopic (exact) mass is 479 g/mol. The second kappa shape index (κ2) is 9.74.